The number of nitrogens with two attached hydrogens (primary N) is 1. The van der Waals surface area contributed by atoms with Crippen LogP contribution >= 0.6 is 15.9 Å². The predicted octanol–water partition coefficient (Wildman–Crippen LogP) is 1.33. The van der Waals surface area contributed by atoms with Crippen molar-refractivity contribution in [2.24, 2.45) is 5.73 Å². The van der Waals surface area contributed by atoms with Crippen molar-refractivity contribution in [1.82, 2.24) is 0 Å². The van der Waals surface area contributed by atoms with E-state index in [-0.39, 0.29) is 6.10 Å². The number of rotatable bonds is 2. The molecule has 1 aliphatic rings. The minimum atomic E-state index is -0.415. The maximum absolute atomic E-state index is 11.3. The number of carbonyl (C=O) groups is 1. The molecule has 0 saturated carbocycles. The molecule has 0 aromatic carbocycles. The van der Waals surface area contributed by atoms with Crippen LogP contribution in [0.15, 0.2) is 21.2 Å². The van der Waals surface area contributed by atoms with E-state index in [1.54, 1.807) is 12.1 Å². The third kappa shape index (κ3) is 1.62. The first-order valence-corrected chi connectivity index (χ1v) is 4.93. The summed E-state index contributed by atoms with van der Waals surface area (Å²) in [5, 5.41) is 0. The fraction of sp³-hybridized carbons (Fsp3) is 0.375. The molecule has 0 unspecified atom stereocenters. The number of hydrogen-bond acceptors (Lipinski definition) is 4. The van der Waals surface area contributed by atoms with Crippen LogP contribution in [0.25, 0.3) is 0 Å². The summed E-state index contributed by atoms with van der Waals surface area (Å²) >= 11 is 3.16. The highest BCUT2D eigenvalue weighted by molar-refractivity contribution is 9.10. The number of anilines is 1. The highest BCUT2D eigenvalue weighted by atomic mass is 79.9. The summed E-state index contributed by atoms with van der Waals surface area (Å²) in [5.41, 5.74) is 5.40. The van der Waals surface area contributed by atoms with Crippen LogP contribution in [0.4, 0.5) is 10.7 Å². The van der Waals surface area contributed by atoms with E-state index >= 15 is 0 Å². The van der Waals surface area contributed by atoms with Gasteiger partial charge in [0.05, 0.1) is 6.54 Å². The molecule has 1 amide bonds. The largest absolute Gasteiger partial charge is 0.443 e. The first kappa shape index (κ1) is 9.54. The minimum absolute atomic E-state index is 0.244. The molecule has 1 aliphatic heterocycles. The Morgan fingerprint density at radius 2 is 2.43 bits per heavy atom. The van der Waals surface area contributed by atoms with Crippen LogP contribution in [0.3, 0.4) is 0 Å². The molecule has 0 bridgehead atoms. The van der Waals surface area contributed by atoms with Gasteiger partial charge in [-0.25, -0.2) is 9.69 Å². The summed E-state index contributed by atoms with van der Waals surface area (Å²) < 4.78 is 10.8. The van der Waals surface area contributed by atoms with E-state index in [1.807, 2.05) is 0 Å². The molecule has 0 aliphatic carbocycles. The highest BCUT2D eigenvalue weighted by Gasteiger charge is 2.33. The van der Waals surface area contributed by atoms with Gasteiger partial charge in [-0.3, -0.25) is 0 Å². The molecule has 1 atom stereocenters. The van der Waals surface area contributed by atoms with Gasteiger partial charge in [-0.2, -0.15) is 0 Å². The molecule has 1 aromatic heterocycles. The first-order chi connectivity index (χ1) is 6.70. The number of ether oxygens (including phenoxy) is 1. The summed E-state index contributed by atoms with van der Waals surface area (Å²) in [7, 11) is 0. The van der Waals surface area contributed by atoms with Crippen LogP contribution < -0.4 is 10.6 Å². The number of nitrogens with zero attached hydrogens (tertiary/aromatic N) is 1. The molecule has 5 nitrogen and oxygen atoms in total. The van der Waals surface area contributed by atoms with Crippen molar-refractivity contribution in [1.29, 1.82) is 0 Å². The van der Waals surface area contributed by atoms with Crippen LogP contribution in [-0.4, -0.2) is 25.3 Å². The molecule has 1 aromatic rings. The van der Waals surface area contributed by atoms with Crippen molar-refractivity contribution in [3.05, 3.63) is 16.8 Å². The van der Waals surface area contributed by atoms with Gasteiger partial charge in [-0.1, -0.05) is 0 Å². The van der Waals surface area contributed by atoms with Gasteiger partial charge in [0, 0.05) is 12.6 Å². The molecule has 2 rings (SSSR count). The number of furan rings is 1. The molecule has 1 saturated heterocycles. The maximum atomic E-state index is 11.3. The van der Waals surface area contributed by atoms with Gasteiger partial charge < -0.3 is 14.9 Å². The second-order valence-electron chi connectivity index (χ2n) is 2.93. The van der Waals surface area contributed by atoms with Crippen molar-refractivity contribution in [3.8, 4) is 0 Å². The number of amides is 1. The lowest BCUT2D eigenvalue weighted by molar-refractivity contribution is 0.145. The molecule has 14 heavy (non-hydrogen) atoms. The lowest BCUT2D eigenvalue weighted by Crippen LogP contribution is -2.27. The quantitative estimate of drug-likeness (QED) is 0.871. The molecule has 2 N–H and O–H groups in total. The lowest BCUT2D eigenvalue weighted by atomic mass is 10.3. The van der Waals surface area contributed by atoms with E-state index in [4.69, 9.17) is 14.9 Å². The number of hydrogen-bond donors (Lipinski definition) is 1. The zero-order valence-electron chi connectivity index (χ0n) is 7.27. The second kappa shape index (κ2) is 3.62. The standard InChI is InChI=1S/C8H9BrN2O3/c9-6-1-2-7(14-6)11-4-5(3-10)13-8(11)12/h1-2,5H,3-4,10H2/t5-/m0/s1. The Kier molecular flexibility index (Phi) is 2.47. The highest BCUT2D eigenvalue weighted by Crippen LogP contribution is 2.26. The van der Waals surface area contributed by atoms with Crippen molar-refractivity contribution in [3.63, 3.8) is 0 Å². The Labute approximate surface area is 88.9 Å². The lowest BCUT2D eigenvalue weighted by Gasteiger charge is -2.07. The van der Waals surface area contributed by atoms with Gasteiger partial charge in [-0.15, -0.1) is 0 Å². The fourth-order valence-corrected chi connectivity index (χ4v) is 1.57. The Morgan fingerprint density at radius 1 is 1.64 bits per heavy atom. The molecule has 76 valence electrons. The summed E-state index contributed by atoms with van der Waals surface area (Å²) in [6, 6.07) is 3.42. The molecule has 2 heterocycles. The Bertz CT molecular complexity index is 352. The van der Waals surface area contributed by atoms with Gasteiger partial charge in [0.15, 0.2) is 4.67 Å². The summed E-state index contributed by atoms with van der Waals surface area (Å²) in [4.78, 5) is 12.7. The minimum Gasteiger partial charge on any atom is -0.443 e. The fourth-order valence-electron chi connectivity index (χ4n) is 1.27. The Hall–Kier alpha value is -1.01. The third-order valence-corrected chi connectivity index (χ3v) is 2.39. The molecule has 1 fully saturated rings. The van der Waals surface area contributed by atoms with E-state index < -0.39 is 6.09 Å². The summed E-state index contributed by atoms with van der Waals surface area (Å²) in [6.07, 6.45) is -0.659. The van der Waals surface area contributed by atoms with Gasteiger partial charge in [0.25, 0.3) is 0 Å². The first-order valence-electron chi connectivity index (χ1n) is 4.14. The van der Waals surface area contributed by atoms with Gasteiger partial charge >= 0.3 is 6.09 Å². The van der Waals surface area contributed by atoms with Gasteiger partial charge in [-0.05, 0) is 22.0 Å². The van der Waals surface area contributed by atoms with Crippen LogP contribution in [0.2, 0.25) is 0 Å². The normalized spacial score (nSPS) is 21.4. The third-order valence-electron chi connectivity index (χ3n) is 1.96. The second-order valence-corrected chi connectivity index (χ2v) is 3.71. The average molecular weight is 261 g/mol. The van der Waals surface area contributed by atoms with Crippen molar-refractivity contribution >= 4 is 27.9 Å². The monoisotopic (exact) mass is 260 g/mol. The van der Waals surface area contributed by atoms with Crippen LogP contribution in [0.5, 0.6) is 0 Å². The van der Waals surface area contributed by atoms with E-state index in [0.717, 1.165) is 0 Å². The molecular weight excluding hydrogens is 252 g/mol. The van der Waals surface area contributed by atoms with E-state index in [1.165, 1.54) is 4.90 Å². The number of halogens is 1. The van der Waals surface area contributed by atoms with Crippen LogP contribution in [0, 0.1) is 0 Å². The van der Waals surface area contributed by atoms with Crippen molar-refractivity contribution < 1.29 is 13.9 Å². The van der Waals surface area contributed by atoms with E-state index in [2.05, 4.69) is 15.9 Å². The van der Waals surface area contributed by atoms with Gasteiger partial charge in [0.1, 0.15) is 6.10 Å². The molecule has 0 radical (unpaired) electrons. The number of carbonyl (C=O) groups excluding carboxylic acids is 1. The van der Waals surface area contributed by atoms with Crippen LogP contribution in [0.1, 0.15) is 0 Å². The molecule has 0 spiro atoms. The molecule has 6 heteroatoms. The maximum Gasteiger partial charge on any atom is 0.417 e. The Morgan fingerprint density at radius 3 is 2.93 bits per heavy atom. The van der Waals surface area contributed by atoms with E-state index in [9.17, 15) is 4.79 Å². The summed E-state index contributed by atoms with van der Waals surface area (Å²) in [6.45, 7) is 0.763. The van der Waals surface area contributed by atoms with Crippen molar-refractivity contribution in [2.75, 3.05) is 18.0 Å². The smallest absolute Gasteiger partial charge is 0.417 e. The Balaban J connectivity index is 2.16. The topological polar surface area (TPSA) is 68.7 Å². The average Bonchev–Trinajstić information content (AvgIpc) is 2.71. The van der Waals surface area contributed by atoms with Crippen LogP contribution in [-0.2, 0) is 4.74 Å². The molecular formula is C8H9BrN2O3. The zero-order valence-corrected chi connectivity index (χ0v) is 8.86. The SMILES string of the molecule is NC[C@H]1CN(c2ccc(Br)o2)C(=O)O1. The van der Waals surface area contributed by atoms with Crippen molar-refractivity contribution in [2.45, 2.75) is 6.10 Å². The zero-order chi connectivity index (χ0) is 10.1. The predicted molar refractivity (Wildman–Crippen MR) is 53.1 cm³/mol. The number of cyclic esters (lactones) is 1. The van der Waals surface area contributed by atoms with E-state index in [0.29, 0.717) is 23.6 Å². The summed E-state index contributed by atoms with van der Waals surface area (Å²) in [5.74, 6) is 0.470. The van der Waals surface area contributed by atoms with Gasteiger partial charge in [0.2, 0.25) is 5.88 Å².